The number of hydrogen-bond donors (Lipinski definition) is 0. The normalized spacial score (nSPS) is 23.7. The van der Waals surface area contributed by atoms with Gasteiger partial charge in [-0.25, -0.2) is 0 Å². The largest absolute Gasteiger partial charge is 0.490 e. The van der Waals surface area contributed by atoms with Gasteiger partial charge in [0.05, 0.1) is 11.5 Å². The number of hydrogen-bond acceptors (Lipinski definition) is 3. The van der Waals surface area contributed by atoms with E-state index in [4.69, 9.17) is 4.74 Å². The van der Waals surface area contributed by atoms with E-state index in [9.17, 15) is 4.79 Å². The second kappa shape index (κ2) is 7.23. The molecule has 5 rings (SSSR count). The number of aromatic nitrogens is 1. The van der Waals surface area contributed by atoms with Crippen LogP contribution < -0.4 is 4.74 Å². The third-order valence-corrected chi connectivity index (χ3v) is 6.82. The predicted molar refractivity (Wildman–Crippen MR) is 108 cm³/mol. The lowest BCUT2D eigenvalue weighted by Gasteiger charge is -2.24. The molecule has 4 nitrogen and oxygen atoms in total. The van der Waals surface area contributed by atoms with Gasteiger partial charge in [0.2, 0.25) is 5.91 Å². The summed E-state index contributed by atoms with van der Waals surface area (Å²) in [6.07, 6.45) is 11.9. The van der Waals surface area contributed by atoms with Gasteiger partial charge in [0.1, 0.15) is 5.75 Å². The number of rotatable bonds is 5. The van der Waals surface area contributed by atoms with Crippen molar-refractivity contribution in [1.29, 1.82) is 0 Å². The maximum atomic E-state index is 13.4. The van der Waals surface area contributed by atoms with Gasteiger partial charge < -0.3 is 9.64 Å². The Bertz CT molecular complexity index is 823. The minimum Gasteiger partial charge on any atom is -0.490 e. The molecular formula is C24H28N2O2. The summed E-state index contributed by atoms with van der Waals surface area (Å²) in [7, 11) is 0. The Hall–Kier alpha value is -2.36. The van der Waals surface area contributed by atoms with Crippen LogP contribution in [0.3, 0.4) is 0 Å². The Morgan fingerprint density at radius 3 is 2.39 bits per heavy atom. The SMILES string of the molecule is O=C(N1CCC(c2ccncc2)C1)C1(c2ccc(OC3CCCC3)cc2)CC1. The molecule has 1 aromatic heterocycles. The van der Waals surface area contributed by atoms with Crippen molar-refractivity contribution in [3.05, 3.63) is 59.9 Å². The first-order valence-corrected chi connectivity index (χ1v) is 10.7. The number of likely N-dealkylation sites (tertiary alicyclic amines) is 1. The fourth-order valence-corrected chi connectivity index (χ4v) is 4.96. The summed E-state index contributed by atoms with van der Waals surface area (Å²) in [5, 5.41) is 0. The smallest absolute Gasteiger partial charge is 0.233 e. The highest BCUT2D eigenvalue weighted by atomic mass is 16.5. The summed E-state index contributed by atoms with van der Waals surface area (Å²) < 4.78 is 6.09. The van der Waals surface area contributed by atoms with Gasteiger partial charge >= 0.3 is 0 Å². The average Bonchev–Trinajstić information content (AvgIpc) is 3.14. The van der Waals surface area contributed by atoms with E-state index in [-0.39, 0.29) is 5.41 Å². The molecule has 146 valence electrons. The highest BCUT2D eigenvalue weighted by Gasteiger charge is 2.53. The molecule has 2 aromatic rings. The minimum absolute atomic E-state index is 0.293. The zero-order chi connectivity index (χ0) is 19.0. The molecule has 0 spiro atoms. The van der Waals surface area contributed by atoms with Gasteiger partial charge in [-0.1, -0.05) is 12.1 Å². The van der Waals surface area contributed by atoms with Gasteiger partial charge in [0.15, 0.2) is 0 Å². The second-order valence-electron chi connectivity index (χ2n) is 8.65. The van der Waals surface area contributed by atoms with E-state index in [1.807, 2.05) is 12.4 Å². The van der Waals surface area contributed by atoms with Gasteiger partial charge in [-0.2, -0.15) is 0 Å². The van der Waals surface area contributed by atoms with E-state index in [1.165, 1.54) is 18.4 Å². The summed E-state index contributed by atoms with van der Waals surface area (Å²) in [4.78, 5) is 19.5. The summed E-state index contributed by atoms with van der Waals surface area (Å²) in [5.74, 6) is 1.69. The highest BCUT2D eigenvalue weighted by Crippen LogP contribution is 2.50. The molecule has 1 aromatic carbocycles. The molecular weight excluding hydrogens is 348 g/mol. The first-order valence-electron chi connectivity index (χ1n) is 10.7. The van der Waals surface area contributed by atoms with Crippen molar-refractivity contribution in [2.24, 2.45) is 0 Å². The van der Waals surface area contributed by atoms with Gasteiger partial charge in [-0.3, -0.25) is 9.78 Å². The van der Waals surface area contributed by atoms with Crippen LogP contribution in [0.2, 0.25) is 0 Å². The van der Waals surface area contributed by atoms with Crippen LogP contribution >= 0.6 is 0 Å². The van der Waals surface area contributed by atoms with Crippen LogP contribution in [-0.2, 0) is 10.2 Å². The van der Waals surface area contributed by atoms with Crippen LogP contribution in [0.5, 0.6) is 5.75 Å². The van der Waals surface area contributed by atoms with Gasteiger partial charge in [0.25, 0.3) is 0 Å². The highest BCUT2D eigenvalue weighted by molar-refractivity contribution is 5.91. The zero-order valence-corrected chi connectivity index (χ0v) is 16.3. The van der Waals surface area contributed by atoms with Gasteiger partial charge in [-0.15, -0.1) is 0 Å². The number of carbonyl (C=O) groups is 1. The second-order valence-corrected chi connectivity index (χ2v) is 8.65. The Labute approximate surface area is 166 Å². The van der Waals surface area contributed by atoms with Crippen molar-refractivity contribution < 1.29 is 9.53 Å². The maximum absolute atomic E-state index is 13.4. The van der Waals surface area contributed by atoms with E-state index in [0.717, 1.165) is 56.5 Å². The molecule has 0 bridgehead atoms. The van der Waals surface area contributed by atoms with Crippen LogP contribution in [-0.4, -0.2) is 35.0 Å². The summed E-state index contributed by atoms with van der Waals surface area (Å²) in [6, 6.07) is 12.5. The van der Waals surface area contributed by atoms with Gasteiger partial charge in [0, 0.05) is 31.4 Å². The molecule has 4 heteroatoms. The van der Waals surface area contributed by atoms with Crippen LogP contribution in [0.15, 0.2) is 48.8 Å². The van der Waals surface area contributed by atoms with E-state index >= 15 is 0 Å². The van der Waals surface area contributed by atoms with Crippen molar-refractivity contribution in [1.82, 2.24) is 9.88 Å². The molecule has 0 N–H and O–H groups in total. The summed E-state index contributed by atoms with van der Waals surface area (Å²) >= 11 is 0. The fraction of sp³-hybridized carbons (Fsp3) is 0.500. The van der Waals surface area contributed by atoms with Crippen molar-refractivity contribution in [2.45, 2.75) is 62.4 Å². The zero-order valence-electron chi connectivity index (χ0n) is 16.3. The minimum atomic E-state index is -0.293. The molecule has 28 heavy (non-hydrogen) atoms. The monoisotopic (exact) mass is 376 g/mol. The number of carbonyl (C=O) groups excluding carboxylic acids is 1. The van der Waals surface area contributed by atoms with E-state index in [0.29, 0.717) is 17.9 Å². The number of nitrogens with zero attached hydrogens (tertiary/aromatic N) is 2. The number of benzene rings is 1. The molecule has 2 aliphatic carbocycles. The molecule has 2 heterocycles. The molecule has 1 amide bonds. The average molecular weight is 377 g/mol. The third-order valence-electron chi connectivity index (χ3n) is 6.82. The lowest BCUT2D eigenvalue weighted by Crippen LogP contribution is -2.37. The van der Waals surface area contributed by atoms with Crippen LogP contribution in [0.4, 0.5) is 0 Å². The molecule has 1 unspecified atom stereocenters. The van der Waals surface area contributed by atoms with Gasteiger partial charge in [-0.05, 0) is 80.3 Å². The quantitative estimate of drug-likeness (QED) is 0.774. The molecule has 1 saturated heterocycles. The van der Waals surface area contributed by atoms with Crippen LogP contribution in [0.25, 0.3) is 0 Å². The Morgan fingerprint density at radius 1 is 1.00 bits per heavy atom. The van der Waals surface area contributed by atoms with Crippen molar-refractivity contribution in [2.75, 3.05) is 13.1 Å². The Balaban J connectivity index is 1.26. The lowest BCUT2D eigenvalue weighted by molar-refractivity contribution is -0.132. The Kier molecular flexibility index (Phi) is 4.58. The first kappa shape index (κ1) is 17.7. The molecule has 1 atom stereocenters. The van der Waals surface area contributed by atoms with Crippen molar-refractivity contribution in [3.63, 3.8) is 0 Å². The van der Waals surface area contributed by atoms with E-state index in [2.05, 4.69) is 46.3 Å². The predicted octanol–water partition coefficient (Wildman–Crippen LogP) is 4.45. The van der Waals surface area contributed by atoms with E-state index in [1.54, 1.807) is 0 Å². The van der Waals surface area contributed by atoms with Crippen molar-refractivity contribution >= 4 is 5.91 Å². The van der Waals surface area contributed by atoms with Crippen molar-refractivity contribution in [3.8, 4) is 5.75 Å². The number of amides is 1. The van der Waals surface area contributed by atoms with Crippen LogP contribution in [0, 0.1) is 0 Å². The molecule has 3 fully saturated rings. The molecule has 0 radical (unpaired) electrons. The van der Waals surface area contributed by atoms with E-state index < -0.39 is 0 Å². The Morgan fingerprint density at radius 2 is 1.71 bits per heavy atom. The maximum Gasteiger partial charge on any atom is 0.233 e. The molecule has 2 saturated carbocycles. The standard InChI is InChI=1S/C24H28N2O2/c27-23(26-16-11-19(17-26)18-9-14-25-15-10-18)24(12-13-24)20-5-7-22(8-6-20)28-21-3-1-2-4-21/h5-10,14-15,19,21H,1-4,11-13,16-17H2. The number of ether oxygens (including phenoxy) is 1. The fourth-order valence-electron chi connectivity index (χ4n) is 4.96. The summed E-state index contributed by atoms with van der Waals surface area (Å²) in [5.41, 5.74) is 2.16. The van der Waals surface area contributed by atoms with Crippen LogP contribution in [0.1, 0.15) is 62.0 Å². The summed E-state index contributed by atoms with van der Waals surface area (Å²) in [6.45, 7) is 1.68. The molecule has 1 aliphatic heterocycles. The third kappa shape index (κ3) is 3.30. The molecule has 3 aliphatic rings. The number of pyridine rings is 1. The lowest BCUT2D eigenvalue weighted by atomic mass is 9.94. The topological polar surface area (TPSA) is 42.4 Å². The first-order chi connectivity index (χ1) is 13.7.